The summed E-state index contributed by atoms with van der Waals surface area (Å²) in [7, 11) is 0. The lowest BCUT2D eigenvalue weighted by Crippen LogP contribution is -2.30. The summed E-state index contributed by atoms with van der Waals surface area (Å²) in [6, 6.07) is 11.9. The van der Waals surface area contributed by atoms with Gasteiger partial charge in [-0.1, -0.05) is 30.3 Å². The molecule has 0 aliphatic carbocycles. The maximum atomic E-state index is 12.5. The zero-order chi connectivity index (χ0) is 14.5. The van der Waals surface area contributed by atoms with Crippen LogP contribution in [0.3, 0.4) is 0 Å². The summed E-state index contributed by atoms with van der Waals surface area (Å²) in [5.74, 6) is -0.00773. The zero-order valence-corrected chi connectivity index (χ0v) is 12.3. The zero-order valence-electron chi connectivity index (χ0n) is 12.3. The van der Waals surface area contributed by atoms with E-state index in [2.05, 4.69) is 5.10 Å². The van der Waals surface area contributed by atoms with Crippen LogP contribution in [0.2, 0.25) is 0 Å². The predicted molar refractivity (Wildman–Crippen MR) is 79.5 cm³/mol. The maximum Gasteiger partial charge on any atom is 0.274 e. The normalized spacial score (nSPS) is 10.6. The molecule has 2 rings (SSSR count). The van der Waals surface area contributed by atoms with Crippen molar-refractivity contribution in [2.45, 2.75) is 33.9 Å². The molecule has 20 heavy (non-hydrogen) atoms. The van der Waals surface area contributed by atoms with E-state index in [-0.39, 0.29) is 5.91 Å². The number of hydrogen-bond acceptors (Lipinski definition) is 2. The molecule has 0 saturated heterocycles. The van der Waals surface area contributed by atoms with Gasteiger partial charge in [-0.15, -0.1) is 0 Å². The van der Waals surface area contributed by atoms with Gasteiger partial charge in [0.1, 0.15) is 0 Å². The van der Waals surface area contributed by atoms with E-state index in [4.69, 9.17) is 0 Å². The predicted octanol–water partition coefficient (Wildman–Crippen LogP) is 2.87. The Morgan fingerprint density at radius 3 is 2.50 bits per heavy atom. The average Bonchev–Trinajstić information content (AvgIpc) is 2.86. The summed E-state index contributed by atoms with van der Waals surface area (Å²) >= 11 is 0. The highest BCUT2D eigenvalue weighted by molar-refractivity contribution is 5.92. The molecule has 0 fully saturated rings. The van der Waals surface area contributed by atoms with Crippen molar-refractivity contribution in [3.05, 3.63) is 53.3 Å². The van der Waals surface area contributed by atoms with E-state index in [0.29, 0.717) is 18.8 Å². The minimum absolute atomic E-state index is 0.00773. The number of rotatable bonds is 5. The van der Waals surface area contributed by atoms with E-state index in [9.17, 15) is 4.79 Å². The Hall–Kier alpha value is -2.10. The number of aryl methyl sites for hydroxylation is 2. The van der Waals surface area contributed by atoms with Crippen LogP contribution in [-0.4, -0.2) is 27.1 Å². The van der Waals surface area contributed by atoms with Gasteiger partial charge >= 0.3 is 0 Å². The second-order valence-corrected chi connectivity index (χ2v) is 4.79. The SMILES string of the molecule is CCN(Cc1ccccc1)C(=O)c1cc(C)n(CC)n1. The molecule has 0 atom stereocenters. The molecule has 0 bridgehead atoms. The van der Waals surface area contributed by atoms with Gasteiger partial charge < -0.3 is 4.90 Å². The van der Waals surface area contributed by atoms with Crippen molar-refractivity contribution >= 4 is 5.91 Å². The molecular weight excluding hydrogens is 250 g/mol. The smallest absolute Gasteiger partial charge is 0.274 e. The van der Waals surface area contributed by atoms with Crippen LogP contribution in [-0.2, 0) is 13.1 Å². The van der Waals surface area contributed by atoms with Crippen molar-refractivity contribution in [2.24, 2.45) is 0 Å². The van der Waals surface area contributed by atoms with E-state index in [0.717, 1.165) is 17.8 Å². The van der Waals surface area contributed by atoms with E-state index in [1.54, 1.807) is 0 Å². The third-order valence-corrected chi connectivity index (χ3v) is 3.39. The van der Waals surface area contributed by atoms with Crippen molar-refractivity contribution in [1.82, 2.24) is 14.7 Å². The van der Waals surface area contributed by atoms with Gasteiger partial charge in [-0.25, -0.2) is 0 Å². The van der Waals surface area contributed by atoms with Gasteiger partial charge in [0, 0.05) is 25.3 Å². The van der Waals surface area contributed by atoms with E-state index in [1.165, 1.54) is 0 Å². The average molecular weight is 271 g/mol. The van der Waals surface area contributed by atoms with Crippen molar-refractivity contribution in [3.63, 3.8) is 0 Å². The van der Waals surface area contributed by atoms with Gasteiger partial charge in [-0.05, 0) is 32.4 Å². The van der Waals surface area contributed by atoms with Crippen LogP contribution in [0.25, 0.3) is 0 Å². The molecule has 0 saturated carbocycles. The number of carbonyl (C=O) groups excluding carboxylic acids is 1. The Morgan fingerprint density at radius 1 is 1.25 bits per heavy atom. The molecule has 0 aliphatic heterocycles. The molecule has 4 nitrogen and oxygen atoms in total. The quantitative estimate of drug-likeness (QED) is 0.838. The highest BCUT2D eigenvalue weighted by Crippen LogP contribution is 2.10. The van der Waals surface area contributed by atoms with Crippen LogP contribution < -0.4 is 0 Å². The Bertz CT molecular complexity index is 575. The Kier molecular flexibility index (Phi) is 4.56. The second kappa shape index (κ2) is 6.37. The number of aromatic nitrogens is 2. The van der Waals surface area contributed by atoms with Gasteiger partial charge in [0.15, 0.2) is 5.69 Å². The first-order valence-electron chi connectivity index (χ1n) is 7.03. The minimum atomic E-state index is -0.00773. The molecule has 1 amide bonds. The molecule has 1 aromatic heterocycles. The topological polar surface area (TPSA) is 38.1 Å². The minimum Gasteiger partial charge on any atom is -0.333 e. The summed E-state index contributed by atoms with van der Waals surface area (Å²) in [6.07, 6.45) is 0. The Balaban J connectivity index is 2.16. The molecule has 4 heteroatoms. The van der Waals surface area contributed by atoms with Crippen LogP contribution >= 0.6 is 0 Å². The van der Waals surface area contributed by atoms with Gasteiger partial charge in [-0.2, -0.15) is 5.10 Å². The summed E-state index contributed by atoms with van der Waals surface area (Å²) < 4.78 is 1.85. The molecule has 0 radical (unpaired) electrons. The van der Waals surface area contributed by atoms with Crippen LogP contribution in [0.15, 0.2) is 36.4 Å². The lowest BCUT2D eigenvalue weighted by Gasteiger charge is -2.19. The molecule has 0 N–H and O–H groups in total. The first-order valence-corrected chi connectivity index (χ1v) is 7.03. The highest BCUT2D eigenvalue weighted by Gasteiger charge is 2.18. The third kappa shape index (κ3) is 3.07. The van der Waals surface area contributed by atoms with Crippen LogP contribution in [0.1, 0.15) is 35.6 Å². The highest BCUT2D eigenvalue weighted by atomic mass is 16.2. The lowest BCUT2D eigenvalue weighted by molar-refractivity contribution is 0.0745. The van der Waals surface area contributed by atoms with Crippen LogP contribution in [0, 0.1) is 6.92 Å². The number of amides is 1. The Labute approximate surface area is 120 Å². The van der Waals surface area contributed by atoms with Crippen LogP contribution in [0.4, 0.5) is 0 Å². The third-order valence-electron chi connectivity index (χ3n) is 3.39. The maximum absolute atomic E-state index is 12.5. The van der Waals surface area contributed by atoms with Gasteiger partial charge in [0.25, 0.3) is 5.91 Å². The summed E-state index contributed by atoms with van der Waals surface area (Å²) in [5.41, 5.74) is 2.68. The molecule has 0 spiro atoms. The monoisotopic (exact) mass is 271 g/mol. The molecule has 106 valence electrons. The van der Waals surface area contributed by atoms with Gasteiger partial charge in [0.05, 0.1) is 0 Å². The Morgan fingerprint density at radius 2 is 1.95 bits per heavy atom. The first-order chi connectivity index (χ1) is 9.65. The fraction of sp³-hybridized carbons (Fsp3) is 0.375. The first kappa shape index (κ1) is 14.3. The molecule has 1 aromatic carbocycles. The standard InChI is InChI=1S/C16H21N3O/c1-4-18(12-14-9-7-6-8-10-14)16(20)15-11-13(3)19(5-2)17-15/h6-11H,4-5,12H2,1-3H3. The number of nitrogens with zero attached hydrogens (tertiary/aromatic N) is 3. The molecule has 1 heterocycles. The van der Waals surface area contributed by atoms with E-state index in [1.807, 2.05) is 66.8 Å². The molecule has 0 unspecified atom stereocenters. The largest absolute Gasteiger partial charge is 0.333 e. The van der Waals surface area contributed by atoms with Crippen LogP contribution in [0.5, 0.6) is 0 Å². The molecular formula is C16H21N3O. The fourth-order valence-electron chi connectivity index (χ4n) is 2.23. The van der Waals surface area contributed by atoms with E-state index < -0.39 is 0 Å². The van der Waals surface area contributed by atoms with Gasteiger partial charge in [0.2, 0.25) is 0 Å². The lowest BCUT2D eigenvalue weighted by atomic mass is 10.2. The van der Waals surface area contributed by atoms with Gasteiger partial charge in [-0.3, -0.25) is 9.48 Å². The summed E-state index contributed by atoms with van der Waals surface area (Å²) in [5, 5.41) is 4.36. The van der Waals surface area contributed by atoms with Crippen molar-refractivity contribution in [3.8, 4) is 0 Å². The number of carbonyl (C=O) groups is 1. The van der Waals surface area contributed by atoms with E-state index >= 15 is 0 Å². The summed E-state index contributed by atoms with van der Waals surface area (Å²) in [4.78, 5) is 14.3. The fourth-order valence-corrected chi connectivity index (χ4v) is 2.23. The van der Waals surface area contributed by atoms with Crippen molar-refractivity contribution in [1.29, 1.82) is 0 Å². The van der Waals surface area contributed by atoms with Crippen molar-refractivity contribution < 1.29 is 4.79 Å². The summed E-state index contributed by atoms with van der Waals surface area (Å²) in [6.45, 7) is 8.06. The second-order valence-electron chi connectivity index (χ2n) is 4.79. The van der Waals surface area contributed by atoms with Crippen molar-refractivity contribution in [2.75, 3.05) is 6.54 Å². The number of benzene rings is 1. The molecule has 2 aromatic rings. The molecule has 0 aliphatic rings. The number of hydrogen-bond donors (Lipinski definition) is 0.